The lowest BCUT2D eigenvalue weighted by atomic mass is 9.68. The van der Waals surface area contributed by atoms with Crippen LogP contribution in [0.15, 0.2) is 39.9 Å². The molecule has 0 fully saturated rings. The van der Waals surface area contributed by atoms with Crippen molar-refractivity contribution in [2.75, 3.05) is 7.11 Å². The SMILES string of the molecule is COC(=O)C1(c2ccccc2)CCc2[nH]c(=O)[nH]c(=O)c2C1. The van der Waals surface area contributed by atoms with E-state index in [-0.39, 0.29) is 12.4 Å². The monoisotopic (exact) mass is 300 g/mol. The van der Waals surface area contributed by atoms with Gasteiger partial charge in [0.25, 0.3) is 5.56 Å². The van der Waals surface area contributed by atoms with E-state index in [0.717, 1.165) is 5.56 Å². The van der Waals surface area contributed by atoms with Gasteiger partial charge in [-0.05, 0) is 24.8 Å². The molecule has 114 valence electrons. The van der Waals surface area contributed by atoms with Crippen molar-refractivity contribution >= 4 is 5.97 Å². The molecule has 1 aliphatic carbocycles. The summed E-state index contributed by atoms with van der Waals surface area (Å²) in [6.07, 6.45) is 1.14. The van der Waals surface area contributed by atoms with Gasteiger partial charge in [-0.15, -0.1) is 0 Å². The zero-order valence-electron chi connectivity index (χ0n) is 12.1. The Morgan fingerprint density at radius 3 is 2.59 bits per heavy atom. The maximum absolute atomic E-state index is 12.5. The molecule has 2 N–H and O–H groups in total. The minimum Gasteiger partial charge on any atom is -0.468 e. The van der Waals surface area contributed by atoms with Crippen molar-refractivity contribution in [3.8, 4) is 0 Å². The van der Waals surface area contributed by atoms with E-state index in [2.05, 4.69) is 9.97 Å². The summed E-state index contributed by atoms with van der Waals surface area (Å²) >= 11 is 0. The van der Waals surface area contributed by atoms with Gasteiger partial charge >= 0.3 is 11.7 Å². The summed E-state index contributed by atoms with van der Waals surface area (Å²) in [5.74, 6) is -0.366. The number of carbonyl (C=O) groups excluding carboxylic acids is 1. The second-order valence-electron chi connectivity index (χ2n) is 5.48. The number of rotatable bonds is 2. The predicted molar refractivity (Wildman–Crippen MR) is 79.8 cm³/mol. The molecule has 1 aromatic heterocycles. The second kappa shape index (κ2) is 5.29. The van der Waals surface area contributed by atoms with Crippen LogP contribution in [0.2, 0.25) is 0 Å². The molecular weight excluding hydrogens is 284 g/mol. The summed E-state index contributed by atoms with van der Waals surface area (Å²) in [6, 6.07) is 9.30. The Balaban J connectivity index is 2.17. The number of aromatic amines is 2. The number of aryl methyl sites for hydroxylation is 1. The zero-order chi connectivity index (χ0) is 15.7. The van der Waals surface area contributed by atoms with Crippen LogP contribution in [0.3, 0.4) is 0 Å². The second-order valence-corrected chi connectivity index (χ2v) is 5.48. The molecule has 1 aliphatic rings. The predicted octanol–water partition coefficient (Wildman–Crippen LogP) is 0.663. The molecule has 0 amide bonds. The van der Waals surface area contributed by atoms with Gasteiger partial charge in [0.1, 0.15) is 0 Å². The number of aromatic nitrogens is 2. The molecule has 1 atom stereocenters. The maximum atomic E-state index is 12.5. The van der Waals surface area contributed by atoms with Crippen molar-refractivity contribution in [3.63, 3.8) is 0 Å². The summed E-state index contributed by atoms with van der Waals surface area (Å²) in [5, 5.41) is 0. The minimum atomic E-state index is -0.895. The van der Waals surface area contributed by atoms with Crippen LogP contribution in [0.5, 0.6) is 0 Å². The van der Waals surface area contributed by atoms with E-state index < -0.39 is 16.7 Å². The molecule has 6 nitrogen and oxygen atoms in total. The number of ether oxygens (including phenoxy) is 1. The van der Waals surface area contributed by atoms with Crippen LogP contribution in [0, 0.1) is 0 Å². The van der Waals surface area contributed by atoms with Crippen LogP contribution in [0.25, 0.3) is 0 Å². The average molecular weight is 300 g/mol. The Morgan fingerprint density at radius 2 is 1.91 bits per heavy atom. The van der Waals surface area contributed by atoms with E-state index in [1.54, 1.807) is 0 Å². The quantitative estimate of drug-likeness (QED) is 0.797. The number of benzene rings is 1. The lowest BCUT2D eigenvalue weighted by molar-refractivity contribution is -0.148. The Bertz CT molecular complexity index is 822. The number of fused-ring (bicyclic) bond motifs is 1. The molecule has 3 rings (SSSR count). The first-order chi connectivity index (χ1) is 10.6. The molecule has 0 aliphatic heterocycles. The third-order valence-corrected chi connectivity index (χ3v) is 4.31. The van der Waals surface area contributed by atoms with Gasteiger partial charge in [0.05, 0.1) is 12.5 Å². The summed E-state index contributed by atoms with van der Waals surface area (Å²) < 4.78 is 5.00. The molecule has 22 heavy (non-hydrogen) atoms. The van der Waals surface area contributed by atoms with Gasteiger partial charge in [0.2, 0.25) is 0 Å². The summed E-state index contributed by atoms with van der Waals surface area (Å²) in [7, 11) is 1.35. The highest BCUT2D eigenvalue weighted by molar-refractivity contribution is 5.84. The van der Waals surface area contributed by atoms with Gasteiger partial charge in [0, 0.05) is 11.3 Å². The van der Waals surface area contributed by atoms with Crippen LogP contribution in [0.1, 0.15) is 23.2 Å². The highest BCUT2D eigenvalue weighted by atomic mass is 16.5. The minimum absolute atomic E-state index is 0.213. The number of esters is 1. The van der Waals surface area contributed by atoms with Crippen molar-refractivity contribution in [3.05, 3.63) is 68.0 Å². The van der Waals surface area contributed by atoms with Crippen molar-refractivity contribution in [2.45, 2.75) is 24.7 Å². The van der Waals surface area contributed by atoms with Gasteiger partial charge in [-0.3, -0.25) is 14.6 Å². The normalized spacial score (nSPS) is 20.2. The van der Waals surface area contributed by atoms with Crippen LogP contribution in [-0.2, 0) is 27.8 Å². The molecule has 1 aromatic carbocycles. The van der Waals surface area contributed by atoms with E-state index >= 15 is 0 Å². The number of hydrogen-bond acceptors (Lipinski definition) is 4. The number of hydrogen-bond donors (Lipinski definition) is 2. The molecule has 0 spiro atoms. The van der Waals surface area contributed by atoms with E-state index in [1.807, 2.05) is 30.3 Å². The van der Waals surface area contributed by atoms with Crippen LogP contribution in [-0.4, -0.2) is 23.0 Å². The fourth-order valence-electron chi connectivity index (χ4n) is 3.18. The van der Waals surface area contributed by atoms with Crippen LogP contribution >= 0.6 is 0 Å². The van der Waals surface area contributed by atoms with Gasteiger partial charge in [-0.25, -0.2) is 4.79 Å². The van der Waals surface area contributed by atoms with E-state index in [0.29, 0.717) is 24.1 Å². The van der Waals surface area contributed by atoms with E-state index in [9.17, 15) is 14.4 Å². The number of carbonyl (C=O) groups is 1. The Kier molecular flexibility index (Phi) is 3.44. The Morgan fingerprint density at radius 1 is 1.18 bits per heavy atom. The molecule has 2 aromatic rings. The first-order valence-corrected chi connectivity index (χ1v) is 7.05. The largest absolute Gasteiger partial charge is 0.468 e. The van der Waals surface area contributed by atoms with Gasteiger partial charge < -0.3 is 9.72 Å². The van der Waals surface area contributed by atoms with E-state index in [4.69, 9.17) is 4.74 Å². The first kappa shape index (κ1) is 14.3. The Hall–Kier alpha value is -2.63. The fourth-order valence-corrected chi connectivity index (χ4v) is 3.18. The molecule has 0 saturated heterocycles. The average Bonchev–Trinajstić information content (AvgIpc) is 2.54. The van der Waals surface area contributed by atoms with Crippen LogP contribution in [0.4, 0.5) is 0 Å². The van der Waals surface area contributed by atoms with Crippen molar-refractivity contribution < 1.29 is 9.53 Å². The maximum Gasteiger partial charge on any atom is 0.325 e. The summed E-state index contributed by atoms with van der Waals surface area (Å²) in [6.45, 7) is 0. The third kappa shape index (κ3) is 2.16. The lowest BCUT2D eigenvalue weighted by Gasteiger charge is -2.35. The fraction of sp³-hybridized carbons (Fsp3) is 0.312. The lowest BCUT2D eigenvalue weighted by Crippen LogP contribution is -2.45. The molecule has 0 bridgehead atoms. The molecule has 1 heterocycles. The molecule has 1 unspecified atom stereocenters. The first-order valence-electron chi connectivity index (χ1n) is 7.05. The highest BCUT2D eigenvalue weighted by Gasteiger charge is 2.45. The standard InChI is InChI=1S/C16H16N2O4/c1-22-14(20)16(10-5-3-2-4-6-10)8-7-12-11(9-16)13(19)18-15(21)17-12/h2-6H,7-9H2,1H3,(H2,17,18,19,21). The van der Waals surface area contributed by atoms with Gasteiger partial charge in [0.15, 0.2) is 0 Å². The highest BCUT2D eigenvalue weighted by Crippen LogP contribution is 2.37. The molecular formula is C16H16N2O4. The summed E-state index contributed by atoms with van der Waals surface area (Å²) in [4.78, 5) is 40.8. The number of H-pyrrole nitrogens is 2. The van der Waals surface area contributed by atoms with Crippen molar-refractivity contribution in [1.29, 1.82) is 0 Å². The third-order valence-electron chi connectivity index (χ3n) is 4.31. The number of nitrogens with one attached hydrogen (secondary N) is 2. The number of methoxy groups -OCH3 is 1. The smallest absolute Gasteiger partial charge is 0.325 e. The van der Waals surface area contributed by atoms with Crippen LogP contribution < -0.4 is 11.2 Å². The topological polar surface area (TPSA) is 92.0 Å². The van der Waals surface area contributed by atoms with Gasteiger partial charge in [-0.2, -0.15) is 0 Å². The zero-order valence-corrected chi connectivity index (χ0v) is 12.1. The molecule has 0 radical (unpaired) electrons. The molecule has 0 saturated carbocycles. The van der Waals surface area contributed by atoms with Crippen molar-refractivity contribution in [1.82, 2.24) is 9.97 Å². The molecule has 6 heteroatoms. The Labute approximate surface area is 126 Å². The summed E-state index contributed by atoms with van der Waals surface area (Å²) in [5.41, 5.74) is 0.00735. The van der Waals surface area contributed by atoms with E-state index in [1.165, 1.54) is 7.11 Å². The van der Waals surface area contributed by atoms with Gasteiger partial charge in [-0.1, -0.05) is 30.3 Å². The van der Waals surface area contributed by atoms with Crippen molar-refractivity contribution in [2.24, 2.45) is 0 Å².